The number of hydrogen-bond acceptors (Lipinski definition) is 10. The lowest BCUT2D eigenvalue weighted by Gasteiger charge is -2.35. The summed E-state index contributed by atoms with van der Waals surface area (Å²) >= 11 is 0. The molecule has 0 rings (SSSR count). The van der Waals surface area contributed by atoms with E-state index in [1.54, 1.807) is 0 Å². The van der Waals surface area contributed by atoms with Crippen LogP contribution >= 0.6 is 0 Å². The molecular weight excluding hydrogens is 520 g/mol. The van der Waals surface area contributed by atoms with Gasteiger partial charge in [-0.15, -0.1) is 0 Å². The van der Waals surface area contributed by atoms with Gasteiger partial charge in [-0.1, -0.05) is 41.5 Å². The molecule has 0 aliphatic heterocycles. The SMILES string of the molecule is COC(=O)C(CCC(C(C)=O)C(C(=O)OC)C(C)(C)C)C(CCC(C(C)=O)C(C(=O)OC)C(C)(C)C)C(=O)OC. The van der Waals surface area contributed by atoms with E-state index in [0.29, 0.717) is 0 Å². The van der Waals surface area contributed by atoms with E-state index in [0.717, 1.165) is 0 Å². The van der Waals surface area contributed by atoms with Crippen molar-refractivity contribution in [2.75, 3.05) is 28.4 Å². The van der Waals surface area contributed by atoms with Crippen molar-refractivity contribution in [3.8, 4) is 0 Å². The highest BCUT2D eigenvalue weighted by Gasteiger charge is 2.45. The number of hydrogen-bond donors (Lipinski definition) is 0. The summed E-state index contributed by atoms with van der Waals surface area (Å²) in [5.74, 6) is -8.05. The third-order valence-electron chi connectivity index (χ3n) is 7.70. The van der Waals surface area contributed by atoms with Crippen LogP contribution in [-0.4, -0.2) is 63.9 Å². The van der Waals surface area contributed by atoms with Gasteiger partial charge in [-0.05, 0) is 50.4 Å². The van der Waals surface area contributed by atoms with E-state index in [1.807, 2.05) is 41.5 Å². The van der Waals surface area contributed by atoms with E-state index in [9.17, 15) is 28.8 Å². The van der Waals surface area contributed by atoms with Gasteiger partial charge in [-0.25, -0.2) is 0 Å². The van der Waals surface area contributed by atoms with Crippen molar-refractivity contribution in [3.63, 3.8) is 0 Å². The molecule has 0 bridgehead atoms. The Bertz CT molecular complexity index is 834. The minimum Gasteiger partial charge on any atom is -0.469 e. The lowest BCUT2D eigenvalue weighted by molar-refractivity contribution is -0.160. The van der Waals surface area contributed by atoms with Gasteiger partial charge in [0.25, 0.3) is 0 Å². The summed E-state index contributed by atoms with van der Waals surface area (Å²) in [5.41, 5.74) is -1.23. The number of ether oxygens (including phenoxy) is 4. The number of rotatable bonds is 15. The average Bonchev–Trinajstić information content (AvgIpc) is 2.85. The van der Waals surface area contributed by atoms with Crippen LogP contribution in [0.1, 0.15) is 81.1 Å². The molecule has 0 aromatic carbocycles. The van der Waals surface area contributed by atoms with E-state index in [2.05, 4.69) is 0 Å². The van der Waals surface area contributed by atoms with Crippen LogP contribution in [0, 0.1) is 46.3 Å². The Morgan fingerprint density at radius 1 is 0.450 bits per heavy atom. The molecule has 6 unspecified atom stereocenters. The van der Waals surface area contributed by atoms with Gasteiger partial charge >= 0.3 is 23.9 Å². The van der Waals surface area contributed by atoms with E-state index < -0.39 is 70.2 Å². The van der Waals surface area contributed by atoms with Crippen LogP contribution in [-0.2, 0) is 47.7 Å². The van der Waals surface area contributed by atoms with E-state index in [4.69, 9.17) is 18.9 Å². The molecule has 40 heavy (non-hydrogen) atoms. The first-order chi connectivity index (χ1) is 18.3. The van der Waals surface area contributed by atoms with Gasteiger partial charge < -0.3 is 18.9 Å². The van der Waals surface area contributed by atoms with Crippen molar-refractivity contribution < 1.29 is 47.7 Å². The second kappa shape index (κ2) is 15.9. The molecule has 0 N–H and O–H groups in total. The van der Waals surface area contributed by atoms with E-state index >= 15 is 0 Å². The molecule has 0 aromatic rings. The highest BCUT2D eigenvalue weighted by molar-refractivity contribution is 5.87. The summed E-state index contributed by atoms with van der Waals surface area (Å²) in [6.45, 7) is 13.7. The lowest BCUT2D eigenvalue weighted by Crippen LogP contribution is -2.41. The maximum atomic E-state index is 13.0. The summed E-state index contributed by atoms with van der Waals surface area (Å²) in [4.78, 5) is 76.8. The zero-order valence-electron chi connectivity index (χ0n) is 26.4. The molecule has 0 saturated heterocycles. The predicted octanol–water partition coefficient (Wildman–Crippen LogP) is 4.21. The molecule has 10 heteroatoms. The molecular formula is C30H50O10. The maximum absolute atomic E-state index is 13.0. The smallest absolute Gasteiger partial charge is 0.309 e. The molecule has 0 amide bonds. The number of methoxy groups -OCH3 is 4. The Labute approximate surface area is 239 Å². The number of carbonyl (C=O) groups is 6. The Balaban J connectivity index is 6.42. The number of ketones is 2. The van der Waals surface area contributed by atoms with Crippen molar-refractivity contribution >= 4 is 35.4 Å². The van der Waals surface area contributed by atoms with Gasteiger partial charge in [0.1, 0.15) is 11.6 Å². The monoisotopic (exact) mass is 570 g/mol. The molecule has 230 valence electrons. The largest absolute Gasteiger partial charge is 0.469 e. The van der Waals surface area contributed by atoms with Crippen LogP contribution in [0.2, 0.25) is 0 Å². The van der Waals surface area contributed by atoms with Crippen molar-refractivity contribution in [1.82, 2.24) is 0 Å². The molecule has 0 saturated carbocycles. The van der Waals surface area contributed by atoms with Crippen molar-refractivity contribution in [2.45, 2.75) is 81.1 Å². The van der Waals surface area contributed by atoms with Crippen LogP contribution in [0.5, 0.6) is 0 Å². The van der Waals surface area contributed by atoms with Gasteiger partial charge in [0, 0.05) is 11.8 Å². The van der Waals surface area contributed by atoms with Crippen molar-refractivity contribution in [1.29, 1.82) is 0 Å². The minimum absolute atomic E-state index is 0.0463. The molecule has 0 aliphatic rings. The molecule has 10 nitrogen and oxygen atoms in total. The molecule has 6 atom stereocenters. The average molecular weight is 571 g/mol. The second-order valence-electron chi connectivity index (χ2n) is 12.6. The molecule has 0 radical (unpaired) electrons. The number of esters is 4. The third kappa shape index (κ3) is 10.3. The van der Waals surface area contributed by atoms with Gasteiger partial charge in [0.15, 0.2) is 0 Å². The molecule has 0 fully saturated rings. The summed E-state index contributed by atoms with van der Waals surface area (Å²) in [5, 5.41) is 0. The standard InChI is InChI=1S/C30H50O10/c1-17(31)19(23(27(35)39-11)29(3,4)5)13-15-21(25(33)37-9)22(26(34)38-10)16-14-20(18(2)32)24(28(36)40-12)30(6,7)8/h19-24H,13-16H2,1-12H3. The lowest BCUT2D eigenvalue weighted by atomic mass is 9.68. The van der Waals surface area contributed by atoms with E-state index in [1.165, 1.54) is 42.3 Å². The maximum Gasteiger partial charge on any atom is 0.309 e. The Kier molecular flexibility index (Phi) is 14.8. The Hall–Kier alpha value is -2.78. The van der Waals surface area contributed by atoms with Crippen molar-refractivity contribution in [2.24, 2.45) is 46.3 Å². The van der Waals surface area contributed by atoms with Gasteiger partial charge in [-0.2, -0.15) is 0 Å². The van der Waals surface area contributed by atoms with Gasteiger partial charge in [-0.3, -0.25) is 28.8 Å². The first-order valence-electron chi connectivity index (χ1n) is 13.6. The molecule has 0 spiro atoms. The quantitative estimate of drug-likeness (QED) is 0.208. The summed E-state index contributed by atoms with van der Waals surface area (Å²) < 4.78 is 20.0. The second-order valence-corrected chi connectivity index (χ2v) is 12.6. The summed E-state index contributed by atoms with van der Waals surface area (Å²) in [6, 6.07) is 0. The first kappa shape index (κ1) is 37.2. The van der Waals surface area contributed by atoms with Crippen LogP contribution < -0.4 is 0 Å². The fourth-order valence-corrected chi connectivity index (χ4v) is 5.69. The molecule has 0 aromatic heterocycles. The third-order valence-corrected chi connectivity index (χ3v) is 7.70. The van der Waals surface area contributed by atoms with Crippen LogP contribution in [0.25, 0.3) is 0 Å². The van der Waals surface area contributed by atoms with Crippen LogP contribution in [0.3, 0.4) is 0 Å². The summed E-state index contributed by atoms with van der Waals surface area (Å²) in [6.07, 6.45) is 0.320. The highest BCUT2D eigenvalue weighted by Crippen LogP contribution is 2.40. The first-order valence-corrected chi connectivity index (χ1v) is 13.6. The summed E-state index contributed by atoms with van der Waals surface area (Å²) in [7, 11) is 4.91. The van der Waals surface area contributed by atoms with Gasteiger partial charge in [0.2, 0.25) is 0 Å². The Morgan fingerprint density at radius 3 is 0.850 bits per heavy atom. The topological polar surface area (TPSA) is 139 Å². The predicted molar refractivity (Wildman–Crippen MR) is 148 cm³/mol. The fraction of sp³-hybridized carbons (Fsp3) is 0.800. The van der Waals surface area contributed by atoms with Crippen LogP contribution in [0.4, 0.5) is 0 Å². The number of Topliss-reactive ketones (excluding diaryl/α,β-unsaturated/α-hetero) is 2. The molecule has 0 aliphatic carbocycles. The zero-order chi connectivity index (χ0) is 31.6. The van der Waals surface area contributed by atoms with E-state index in [-0.39, 0.29) is 37.2 Å². The van der Waals surface area contributed by atoms with Crippen LogP contribution in [0.15, 0.2) is 0 Å². The van der Waals surface area contributed by atoms with Crippen molar-refractivity contribution in [3.05, 3.63) is 0 Å². The zero-order valence-corrected chi connectivity index (χ0v) is 26.4. The molecule has 0 heterocycles. The Morgan fingerprint density at radius 2 is 0.675 bits per heavy atom. The fourth-order valence-electron chi connectivity index (χ4n) is 5.69. The van der Waals surface area contributed by atoms with Gasteiger partial charge in [0.05, 0.1) is 52.1 Å². The minimum atomic E-state index is -1.02. The highest BCUT2D eigenvalue weighted by atomic mass is 16.5. The number of carbonyl (C=O) groups excluding carboxylic acids is 6. The normalized spacial score (nSPS) is 16.4.